The SMILES string of the molecule is C=CCN(Cc1ccccc1)C(=O)[C@@H]1[C@H]2C(=O)N([C@@H](CO)Cc3ccccc3)C(C(=O)N(CC=C)c3ccc(Cl)cc3)C23CC[C@@]1(C)S3. The molecule has 3 aliphatic rings. The van der Waals surface area contributed by atoms with E-state index in [4.69, 9.17) is 11.6 Å². The summed E-state index contributed by atoms with van der Waals surface area (Å²) in [6.45, 7) is 10.5. The number of carbonyl (C=O) groups is 3. The van der Waals surface area contributed by atoms with Gasteiger partial charge in [0.25, 0.3) is 5.91 Å². The fourth-order valence-electron chi connectivity index (χ4n) is 8.16. The van der Waals surface area contributed by atoms with Gasteiger partial charge in [-0.25, -0.2) is 0 Å². The molecule has 2 unspecified atom stereocenters. The van der Waals surface area contributed by atoms with Gasteiger partial charge in [0.05, 0.1) is 29.2 Å². The molecule has 48 heavy (non-hydrogen) atoms. The quantitative estimate of drug-likeness (QED) is 0.219. The summed E-state index contributed by atoms with van der Waals surface area (Å²) >= 11 is 7.84. The molecule has 0 aromatic heterocycles. The molecule has 250 valence electrons. The van der Waals surface area contributed by atoms with Crippen molar-refractivity contribution in [1.29, 1.82) is 0 Å². The minimum absolute atomic E-state index is 0.106. The van der Waals surface area contributed by atoms with Gasteiger partial charge in [0.15, 0.2) is 0 Å². The lowest BCUT2D eigenvalue weighted by atomic mass is 9.66. The Kier molecular flexibility index (Phi) is 9.88. The molecule has 3 aromatic rings. The molecule has 0 aliphatic carbocycles. The van der Waals surface area contributed by atoms with Gasteiger partial charge in [0.2, 0.25) is 11.8 Å². The maximum absolute atomic E-state index is 15.1. The highest BCUT2D eigenvalue weighted by Crippen LogP contribution is 2.72. The predicted molar refractivity (Wildman–Crippen MR) is 193 cm³/mol. The summed E-state index contributed by atoms with van der Waals surface area (Å²) in [5, 5.41) is 11.4. The van der Waals surface area contributed by atoms with Gasteiger partial charge in [0, 0.05) is 35.1 Å². The van der Waals surface area contributed by atoms with Crippen molar-refractivity contribution in [2.45, 2.75) is 54.3 Å². The third kappa shape index (κ3) is 5.99. The standard InChI is InChI=1S/C39H42ClN3O4S/c1-4-22-41(25-28-14-10-7-11-15-28)35(45)32-33-36(46)43(31(26-44)24-27-12-8-6-9-13-27)34(39(33)21-20-38(32,3)48-39)37(47)42(23-5-2)30-18-16-29(40)17-19-30/h4-19,31-34,44H,1-2,20-26H2,3H3/t31-,32+,33+,34?,38-,39?/m1/s1. The van der Waals surface area contributed by atoms with E-state index in [-0.39, 0.29) is 30.9 Å². The Hall–Kier alpha value is -3.85. The summed E-state index contributed by atoms with van der Waals surface area (Å²) in [5.74, 6) is -1.98. The van der Waals surface area contributed by atoms with Crippen LogP contribution in [0.5, 0.6) is 0 Å². The number of nitrogens with zero attached hydrogens (tertiary/aromatic N) is 3. The lowest BCUT2D eigenvalue weighted by Gasteiger charge is -2.39. The van der Waals surface area contributed by atoms with Crippen LogP contribution in [0.4, 0.5) is 5.69 Å². The molecule has 1 spiro atoms. The molecule has 3 amide bonds. The van der Waals surface area contributed by atoms with Gasteiger partial charge in [-0.1, -0.05) is 84.4 Å². The zero-order valence-corrected chi connectivity index (χ0v) is 28.8. The number of rotatable bonds is 13. The number of hydrogen-bond donors (Lipinski definition) is 1. The summed E-state index contributed by atoms with van der Waals surface area (Å²) < 4.78 is -1.40. The number of thioether (sulfide) groups is 1. The zero-order valence-electron chi connectivity index (χ0n) is 27.2. The molecule has 3 saturated heterocycles. The van der Waals surface area contributed by atoms with E-state index < -0.39 is 33.4 Å². The van der Waals surface area contributed by atoms with Crippen LogP contribution in [0.1, 0.15) is 30.9 Å². The van der Waals surface area contributed by atoms with E-state index in [1.807, 2.05) is 60.7 Å². The summed E-state index contributed by atoms with van der Waals surface area (Å²) in [6, 6.07) is 25.0. The lowest BCUT2D eigenvalue weighted by Crippen LogP contribution is -2.58. The third-order valence-corrected chi connectivity index (χ3v) is 12.5. The summed E-state index contributed by atoms with van der Waals surface area (Å²) in [7, 11) is 0. The van der Waals surface area contributed by atoms with Crippen LogP contribution in [0, 0.1) is 11.8 Å². The number of likely N-dealkylation sites (tertiary alicyclic amines) is 1. The minimum Gasteiger partial charge on any atom is -0.394 e. The number of anilines is 1. The average molecular weight is 684 g/mol. The van der Waals surface area contributed by atoms with Gasteiger partial charge in [-0.05, 0) is 61.6 Å². The number of aliphatic hydroxyl groups is 1. The van der Waals surface area contributed by atoms with Crippen molar-refractivity contribution in [2.75, 3.05) is 24.6 Å². The molecule has 0 radical (unpaired) electrons. The number of hydrogen-bond acceptors (Lipinski definition) is 5. The molecule has 1 N–H and O–H groups in total. The van der Waals surface area contributed by atoms with Gasteiger partial charge < -0.3 is 19.8 Å². The molecular weight excluding hydrogens is 642 g/mol. The maximum Gasteiger partial charge on any atom is 0.251 e. The van der Waals surface area contributed by atoms with E-state index >= 15 is 9.59 Å². The molecule has 6 rings (SSSR count). The number of amides is 3. The highest BCUT2D eigenvalue weighted by Gasteiger charge is 2.78. The van der Waals surface area contributed by atoms with Crippen LogP contribution < -0.4 is 4.90 Å². The number of fused-ring (bicyclic) bond motifs is 1. The third-order valence-electron chi connectivity index (χ3n) is 10.2. The highest BCUT2D eigenvalue weighted by atomic mass is 35.5. The van der Waals surface area contributed by atoms with E-state index in [1.165, 1.54) is 0 Å². The molecule has 3 heterocycles. The van der Waals surface area contributed by atoms with Crippen LogP contribution in [-0.2, 0) is 27.3 Å². The number of benzene rings is 3. The topological polar surface area (TPSA) is 81.2 Å². The Morgan fingerprint density at radius 2 is 1.58 bits per heavy atom. The molecule has 9 heteroatoms. The number of halogens is 1. The van der Waals surface area contributed by atoms with Crippen LogP contribution in [0.2, 0.25) is 5.02 Å². The van der Waals surface area contributed by atoms with Gasteiger partial charge in [-0.2, -0.15) is 0 Å². The Bertz CT molecular complexity index is 1670. The second-order valence-electron chi connectivity index (χ2n) is 13.2. The molecule has 7 nitrogen and oxygen atoms in total. The van der Waals surface area contributed by atoms with Crippen molar-refractivity contribution in [1.82, 2.24) is 9.80 Å². The van der Waals surface area contributed by atoms with Crippen LogP contribution >= 0.6 is 23.4 Å². The smallest absolute Gasteiger partial charge is 0.251 e. The zero-order chi connectivity index (χ0) is 34.1. The van der Waals surface area contributed by atoms with E-state index in [2.05, 4.69) is 20.1 Å². The van der Waals surface area contributed by atoms with Crippen LogP contribution in [0.3, 0.4) is 0 Å². The summed E-state index contributed by atoms with van der Waals surface area (Å²) in [5.41, 5.74) is 2.57. The van der Waals surface area contributed by atoms with Crippen molar-refractivity contribution in [3.63, 3.8) is 0 Å². The first-order valence-electron chi connectivity index (χ1n) is 16.5. The average Bonchev–Trinajstić information content (AvgIpc) is 3.67. The normalized spacial score (nSPS) is 26.2. The fraction of sp³-hybridized carbons (Fsp3) is 0.359. The van der Waals surface area contributed by atoms with Crippen LogP contribution in [0.15, 0.2) is 110 Å². The van der Waals surface area contributed by atoms with Crippen LogP contribution in [-0.4, -0.2) is 73.9 Å². The first kappa shape index (κ1) is 34.0. The van der Waals surface area contributed by atoms with E-state index in [0.717, 1.165) is 11.1 Å². The van der Waals surface area contributed by atoms with E-state index in [0.29, 0.717) is 43.1 Å². The second-order valence-corrected chi connectivity index (χ2v) is 15.5. The minimum atomic E-state index is -0.905. The first-order chi connectivity index (χ1) is 23.2. The van der Waals surface area contributed by atoms with Crippen LogP contribution in [0.25, 0.3) is 0 Å². The monoisotopic (exact) mass is 683 g/mol. The summed E-state index contributed by atoms with van der Waals surface area (Å²) in [6.07, 6.45) is 5.05. The highest BCUT2D eigenvalue weighted by molar-refractivity contribution is 8.02. The molecule has 0 saturated carbocycles. The van der Waals surface area contributed by atoms with E-state index in [9.17, 15) is 9.90 Å². The van der Waals surface area contributed by atoms with Gasteiger partial charge in [-0.15, -0.1) is 24.9 Å². The Morgan fingerprint density at radius 1 is 0.958 bits per heavy atom. The predicted octanol–water partition coefficient (Wildman–Crippen LogP) is 6.16. The molecule has 3 aromatic carbocycles. The van der Waals surface area contributed by atoms with Crippen molar-refractivity contribution in [2.24, 2.45) is 11.8 Å². The number of carbonyl (C=O) groups excluding carboxylic acids is 3. The van der Waals surface area contributed by atoms with Crippen molar-refractivity contribution in [3.8, 4) is 0 Å². The number of aliphatic hydroxyl groups excluding tert-OH is 1. The molecular formula is C39H42ClN3O4S. The lowest BCUT2D eigenvalue weighted by molar-refractivity contribution is -0.146. The second kappa shape index (κ2) is 13.9. The molecule has 3 fully saturated rings. The van der Waals surface area contributed by atoms with Gasteiger partial charge in [-0.3, -0.25) is 14.4 Å². The van der Waals surface area contributed by atoms with Crippen molar-refractivity contribution in [3.05, 3.63) is 126 Å². The maximum atomic E-state index is 15.1. The molecule has 3 aliphatic heterocycles. The molecule has 6 atom stereocenters. The fourth-order valence-corrected chi connectivity index (χ4v) is 10.6. The van der Waals surface area contributed by atoms with Crippen molar-refractivity contribution >= 4 is 46.8 Å². The van der Waals surface area contributed by atoms with Gasteiger partial charge in [0.1, 0.15) is 6.04 Å². The largest absolute Gasteiger partial charge is 0.394 e. The van der Waals surface area contributed by atoms with Crippen molar-refractivity contribution < 1.29 is 19.5 Å². The first-order valence-corrected chi connectivity index (χ1v) is 17.7. The van der Waals surface area contributed by atoms with Gasteiger partial charge >= 0.3 is 0 Å². The molecule has 2 bridgehead atoms. The summed E-state index contributed by atoms with van der Waals surface area (Å²) in [4.78, 5) is 49.9. The van der Waals surface area contributed by atoms with E-state index in [1.54, 1.807) is 62.9 Å². The Morgan fingerprint density at radius 3 is 2.19 bits per heavy atom. The Labute approximate surface area is 292 Å². The Balaban J connectivity index is 1.45.